The summed E-state index contributed by atoms with van der Waals surface area (Å²) in [5.74, 6) is 0. The van der Waals surface area contributed by atoms with Crippen LogP contribution in [-0.4, -0.2) is 19.3 Å². The maximum atomic E-state index is 5.30. The van der Waals surface area contributed by atoms with Crippen molar-refractivity contribution in [2.45, 2.75) is 96.7 Å². The van der Waals surface area contributed by atoms with Gasteiger partial charge < -0.3 is 9.47 Å². The molecule has 1 aromatic rings. The van der Waals surface area contributed by atoms with Crippen LogP contribution in [0.5, 0.6) is 0 Å². The average molecular weight is 347 g/mol. The zero-order valence-corrected chi connectivity index (χ0v) is 16.5. The molecule has 142 valence electrons. The number of aryl methyl sites for hydroxylation is 1. The molecule has 1 aromatic carbocycles. The summed E-state index contributed by atoms with van der Waals surface area (Å²) in [6, 6.07) is 9.04. The number of epoxide rings is 2. The van der Waals surface area contributed by atoms with Crippen molar-refractivity contribution in [3.63, 3.8) is 0 Å². The van der Waals surface area contributed by atoms with Crippen molar-refractivity contribution >= 4 is 0 Å². The quantitative estimate of drug-likeness (QED) is 0.313. The molecule has 2 heterocycles. The second-order valence-electron chi connectivity index (χ2n) is 7.64. The molecule has 25 heavy (non-hydrogen) atoms. The highest BCUT2D eigenvalue weighted by Gasteiger charge is 2.24. The fourth-order valence-corrected chi connectivity index (χ4v) is 3.05. The molecule has 2 aliphatic rings. The first-order chi connectivity index (χ1) is 12.3. The Balaban J connectivity index is 0.000000493. The first-order valence-corrected chi connectivity index (χ1v) is 10.6. The minimum Gasteiger partial charge on any atom is -0.373 e. The van der Waals surface area contributed by atoms with Gasteiger partial charge in [-0.25, -0.2) is 0 Å². The molecule has 2 nitrogen and oxygen atoms in total. The second kappa shape index (κ2) is 12.5. The summed E-state index contributed by atoms with van der Waals surface area (Å²) < 4.78 is 10.0. The summed E-state index contributed by atoms with van der Waals surface area (Å²) in [4.78, 5) is 0. The third kappa shape index (κ3) is 10.7. The summed E-state index contributed by atoms with van der Waals surface area (Å²) in [5.41, 5.74) is 2.83. The smallest absolute Gasteiger partial charge is 0.106 e. The number of hydrogen-bond acceptors (Lipinski definition) is 2. The van der Waals surface area contributed by atoms with Gasteiger partial charge >= 0.3 is 0 Å². The van der Waals surface area contributed by atoms with E-state index in [0.717, 1.165) is 13.2 Å². The highest BCUT2D eigenvalue weighted by atomic mass is 16.6. The Bertz CT molecular complexity index is 432. The van der Waals surface area contributed by atoms with E-state index < -0.39 is 0 Å². The van der Waals surface area contributed by atoms with E-state index in [-0.39, 0.29) is 0 Å². The van der Waals surface area contributed by atoms with Crippen LogP contribution in [0.4, 0.5) is 0 Å². The first-order valence-electron chi connectivity index (χ1n) is 10.6. The van der Waals surface area contributed by atoms with Crippen LogP contribution in [0.3, 0.4) is 0 Å². The molecule has 2 aliphatic heterocycles. The van der Waals surface area contributed by atoms with Crippen LogP contribution in [0.25, 0.3) is 0 Å². The molecule has 2 atom stereocenters. The lowest BCUT2D eigenvalue weighted by Gasteiger charge is -2.04. The van der Waals surface area contributed by atoms with Crippen LogP contribution in [0.1, 0.15) is 95.3 Å². The Morgan fingerprint density at radius 3 is 1.68 bits per heavy atom. The molecule has 0 aromatic heterocycles. The number of hydrogen-bond donors (Lipinski definition) is 0. The van der Waals surface area contributed by atoms with Crippen LogP contribution in [-0.2, 0) is 15.9 Å². The lowest BCUT2D eigenvalue weighted by molar-refractivity contribution is 0.415. The molecule has 0 bridgehead atoms. The van der Waals surface area contributed by atoms with Gasteiger partial charge in [0.2, 0.25) is 0 Å². The second-order valence-corrected chi connectivity index (χ2v) is 7.64. The largest absolute Gasteiger partial charge is 0.373 e. The van der Waals surface area contributed by atoms with Gasteiger partial charge in [-0.1, -0.05) is 89.0 Å². The molecular formula is C23H38O2. The molecular weight excluding hydrogens is 308 g/mol. The summed E-state index contributed by atoms with van der Waals surface area (Å²) in [7, 11) is 0. The summed E-state index contributed by atoms with van der Waals surface area (Å²) in [5, 5.41) is 0. The number of unbranched alkanes of at least 4 members (excludes halogenated alkanes) is 9. The van der Waals surface area contributed by atoms with Gasteiger partial charge in [-0.05, 0) is 30.9 Å². The van der Waals surface area contributed by atoms with Crippen molar-refractivity contribution in [1.29, 1.82) is 0 Å². The molecule has 0 amide bonds. The van der Waals surface area contributed by atoms with Crippen LogP contribution in [0.15, 0.2) is 24.3 Å². The Morgan fingerprint density at radius 1 is 0.760 bits per heavy atom. The lowest BCUT2D eigenvalue weighted by atomic mass is 10.0. The predicted molar refractivity (Wildman–Crippen MR) is 106 cm³/mol. The highest BCUT2D eigenvalue weighted by molar-refractivity contribution is 5.26. The molecule has 0 N–H and O–H groups in total. The fraction of sp³-hybridized carbons (Fsp3) is 0.739. The Labute approximate surface area is 155 Å². The van der Waals surface area contributed by atoms with Crippen molar-refractivity contribution in [3.05, 3.63) is 35.4 Å². The summed E-state index contributed by atoms with van der Waals surface area (Å²) >= 11 is 0. The van der Waals surface area contributed by atoms with Gasteiger partial charge in [0.15, 0.2) is 0 Å². The molecule has 2 heteroatoms. The van der Waals surface area contributed by atoms with Crippen LogP contribution < -0.4 is 0 Å². The van der Waals surface area contributed by atoms with E-state index in [9.17, 15) is 0 Å². The van der Waals surface area contributed by atoms with Gasteiger partial charge in [0.25, 0.3) is 0 Å². The predicted octanol–water partition coefficient (Wildman–Crippen LogP) is 6.63. The van der Waals surface area contributed by atoms with Crippen molar-refractivity contribution < 1.29 is 9.47 Å². The Morgan fingerprint density at radius 2 is 1.24 bits per heavy atom. The highest BCUT2D eigenvalue weighted by Crippen LogP contribution is 2.29. The van der Waals surface area contributed by atoms with Crippen molar-refractivity contribution in [3.8, 4) is 0 Å². The molecule has 2 unspecified atom stereocenters. The molecule has 2 fully saturated rings. The molecule has 0 saturated carbocycles. The lowest BCUT2D eigenvalue weighted by Crippen LogP contribution is -1.88. The third-order valence-corrected chi connectivity index (χ3v) is 5.00. The van der Waals surface area contributed by atoms with E-state index in [0.29, 0.717) is 12.2 Å². The van der Waals surface area contributed by atoms with Gasteiger partial charge in [0.05, 0.1) is 19.3 Å². The maximum absolute atomic E-state index is 5.30. The van der Waals surface area contributed by atoms with Gasteiger partial charge in [-0.2, -0.15) is 0 Å². The van der Waals surface area contributed by atoms with Crippen molar-refractivity contribution in [1.82, 2.24) is 0 Å². The average Bonchev–Trinajstić information content (AvgIpc) is 3.54. The van der Waals surface area contributed by atoms with E-state index in [1.54, 1.807) is 0 Å². The fourth-order valence-electron chi connectivity index (χ4n) is 3.05. The van der Waals surface area contributed by atoms with E-state index in [1.807, 2.05) is 0 Å². The minimum atomic E-state index is 0.399. The van der Waals surface area contributed by atoms with Crippen LogP contribution in [0, 0.1) is 0 Å². The molecule has 0 aliphatic carbocycles. The van der Waals surface area contributed by atoms with Crippen molar-refractivity contribution in [2.75, 3.05) is 13.2 Å². The van der Waals surface area contributed by atoms with Crippen molar-refractivity contribution in [2.24, 2.45) is 0 Å². The topological polar surface area (TPSA) is 25.1 Å². The van der Waals surface area contributed by atoms with Gasteiger partial charge in [-0.3, -0.25) is 0 Å². The van der Waals surface area contributed by atoms with Gasteiger partial charge in [-0.15, -0.1) is 0 Å². The first kappa shape index (κ1) is 20.5. The van der Waals surface area contributed by atoms with E-state index in [1.165, 1.54) is 81.8 Å². The standard InChI is InChI=1S/C20H32O.C3H6O/c1-2-3-4-5-6-7-8-9-10-11-12-18-13-15-19(16-14-18)20-17-21-20;1-3-2-4-3/h13-16,20H,2-12,17H2,1H3;3H,2H2,1H3. The number of benzene rings is 1. The SMILES string of the molecule is CC1CO1.CCCCCCCCCCCCc1ccc(C2CO2)cc1. The molecule has 3 rings (SSSR count). The summed E-state index contributed by atoms with van der Waals surface area (Å²) in [6.07, 6.45) is 16.4. The Hall–Kier alpha value is -0.860. The molecule has 2 saturated heterocycles. The number of rotatable bonds is 12. The van der Waals surface area contributed by atoms with E-state index >= 15 is 0 Å². The van der Waals surface area contributed by atoms with Gasteiger partial charge in [0.1, 0.15) is 6.10 Å². The molecule has 0 spiro atoms. The maximum Gasteiger partial charge on any atom is 0.106 e. The zero-order valence-electron chi connectivity index (χ0n) is 16.5. The molecule has 0 radical (unpaired) electrons. The third-order valence-electron chi connectivity index (χ3n) is 5.00. The Kier molecular flexibility index (Phi) is 10.2. The number of ether oxygens (including phenoxy) is 2. The monoisotopic (exact) mass is 346 g/mol. The normalized spacial score (nSPS) is 20.7. The zero-order chi connectivity index (χ0) is 17.7. The minimum absolute atomic E-state index is 0.399. The van der Waals surface area contributed by atoms with E-state index in [2.05, 4.69) is 38.1 Å². The van der Waals surface area contributed by atoms with E-state index in [4.69, 9.17) is 9.47 Å². The van der Waals surface area contributed by atoms with Gasteiger partial charge in [0, 0.05) is 0 Å². The van der Waals surface area contributed by atoms with Crippen LogP contribution >= 0.6 is 0 Å². The van der Waals surface area contributed by atoms with Crippen LogP contribution in [0.2, 0.25) is 0 Å². The summed E-state index contributed by atoms with van der Waals surface area (Å²) in [6.45, 7) is 6.24.